The Morgan fingerprint density at radius 1 is 0.370 bits per heavy atom. The topological polar surface area (TPSA) is 8.81 Å². The van der Waals surface area contributed by atoms with E-state index < -0.39 is 0 Å². The van der Waals surface area contributed by atoms with Crippen LogP contribution in [0.25, 0.3) is 0 Å². The van der Waals surface area contributed by atoms with Gasteiger partial charge in [-0.05, 0) is 32.1 Å². The smallest absolute Gasteiger partial charge is 0.234 e. The van der Waals surface area contributed by atoms with E-state index in [1.165, 1.54) is 244 Å². The van der Waals surface area contributed by atoms with Gasteiger partial charge in [0.05, 0.1) is 13.1 Å². The van der Waals surface area contributed by atoms with Gasteiger partial charge in [-0.2, -0.15) is 0 Å². The van der Waals surface area contributed by atoms with Gasteiger partial charge in [-0.1, -0.05) is 213 Å². The Morgan fingerprint density at radius 3 is 1.04 bits per heavy atom. The number of imidazole rings is 1. The van der Waals surface area contributed by atoms with Crippen LogP contribution in [0.5, 0.6) is 0 Å². The number of hydrogen-bond donors (Lipinski definition) is 0. The van der Waals surface area contributed by atoms with Crippen LogP contribution in [0.2, 0.25) is 0 Å². The van der Waals surface area contributed by atoms with Crippen molar-refractivity contribution in [3.63, 3.8) is 0 Å². The fourth-order valence-electron chi connectivity index (χ4n) is 7.39. The first-order valence-corrected chi connectivity index (χ1v) is 21.9. The van der Waals surface area contributed by atoms with Crippen molar-refractivity contribution in [2.75, 3.05) is 0 Å². The fourth-order valence-corrected chi connectivity index (χ4v) is 7.39. The molecule has 0 radical (unpaired) electrons. The van der Waals surface area contributed by atoms with Crippen molar-refractivity contribution in [1.82, 2.24) is 4.57 Å². The van der Waals surface area contributed by atoms with Crippen molar-refractivity contribution < 1.29 is 4.57 Å². The second-order valence-corrected chi connectivity index (χ2v) is 15.2. The molecule has 0 N–H and O–H groups in total. The number of rotatable bonds is 38. The van der Waals surface area contributed by atoms with Gasteiger partial charge >= 0.3 is 0 Å². The zero-order valence-electron chi connectivity index (χ0n) is 32.4. The van der Waals surface area contributed by atoms with Gasteiger partial charge in [0.2, 0.25) is 0 Å². The Bertz CT molecular complexity index is 707. The van der Waals surface area contributed by atoms with Crippen molar-refractivity contribution in [2.45, 2.75) is 265 Å². The minimum Gasteiger partial charge on any atom is -0.234 e. The molecule has 0 fully saturated rings. The summed E-state index contributed by atoms with van der Waals surface area (Å²) >= 11 is 0. The first-order valence-electron chi connectivity index (χ1n) is 21.9. The number of hydrogen-bond acceptors (Lipinski definition) is 0. The highest BCUT2D eigenvalue weighted by Gasteiger charge is 2.16. The number of unbranched alkanes of at least 4 members (excludes halogenated alkanes) is 32. The Kier molecular flexibility index (Phi) is 33.4. The van der Waals surface area contributed by atoms with Crippen molar-refractivity contribution in [2.24, 2.45) is 0 Å². The maximum atomic E-state index is 2.64. The van der Waals surface area contributed by atoms with Gasteiger partial charge in [0.25, 0.3) is 5.82 Å². The van der Waals surface area contributed by atoms with E-state index in [1.54, 1.807) is 5.82 Å². The predicted octanol–water partition coefficient (Wildman–Crippen LogP) is 15.0. The van der Waals surface area contributed by atoms with Gasteiger partial charge in [-0.15, -0.1) is 0 Å². The molecule has 0 aliphatic carbocycles. The second-order valence-electron chi connectivity index (χ2n) is 15.2. The molecule has 1 heterocycles. The van der Waals surface area contributed by atoms with Crippen LogP contribution in [-0.2, 0) is 19.5 Å². The van der Waals surface area contributed by atoms with Gasteiger partial charge in [0.1, 0.15) is 12.4 Å². The third-order valence-electron chi connectivity index (χ3n) is 10.6. The lowest BCUT2D eigenvalue weighted by atomic mass is 10.0. The number of aromatic nitrogens is 2. The Labute approximate surface area is 291 Å². The summed E-state index contributed by atoms with van der Waals surface area (Å²) in [5.41, 5.74) is 0. The molecule has 0 aliphatic heterocycles. The molecule has 0 atom stereocenters. The SMILES string of the molecule is CCCCCCCCCCCCCCCCC[n+]1ccn(CCCCCCCCCCCCCC)c1CCCCCCCCCC. The summed E-state index contributed by atoms with van der Waals surface area (Å²) in [4.78, 5) is 0. The third kappa shape index (κ3) is 27.2. The summed E-state index contributed by atoms with van der Waals surface area (Å²) in [5, 5.41) is 0. The normalized spacial score (nSPS) is 11.6. The van der Waals surface area contributed by atoms with Crippen LogP contribution in [0, 0.1) is 0 Å². The van der Waals surface area contributed by atoms with E-state index in [-0.39, 0.29) is 0 Å². The molecule has 0 aliphatic rings. The molecule has 0 unspecified atom stereocenters. The Balaban J connectivity index is 2.24. The summed E-state index contributed by atoms with van der Waals surface area (Å²) in [6, 6.07) is 0. The molecule has 1 rings (SSSR count). The van der Waals surface area contributed by atoms with E-state index in [0.717, 1.165) is 0 Å². The molecule has 0 bridgehead atoms. The third-order valence-corrected chi connectivity index (χ3v) is 10.6. The highest BCUT2D eigenvalue weighted by molar-refractivity contribution is 4.84. The summed E-state index contributed by atoms with van der Waals surface area (Å²) < 4.78 is 5.28. The van der Waals surface area contributed by atoms with Gasteiger partial charge in [-0.25, -0.2) is 9.13 Å². The van der Waals surface area contributed by atoms with E-state index >= 15 is 0 Å². The highest BCUT2D eigenvalue weighted by Crippen LogP contribution is 2.16. The summed E-state index contributed by atoms with van der Waals surface area (Å²) in [6.07, 6.45) is 56.3. The first kappa shape index (κ1) is 43.2. The molecule has 46 heavy (non-hydrogen) atoms. The molecular weight excluding hydrogens is 556 g/mol. The largest absolute Gasteiger partial charge is 0.256 e. The van der Waals surface area contributed by atoms with E-state index in [4.69, 9.17) is 0 Å². The maximum absolute atomic E-state index is 2.64. The lowest BCUT2D eigenvalue weighted by Crippen LogP contribution is -2.37. The molecular formula is C44H87N2+. The Morgan fingerprint density at radius 2 is 0.674 bits per heavy atom. The van der Waals surface area contributed by atoms with Crippen molar-refractivity contribution in [1.29, 1.82) is 0 Å². The van der Waals surface area contributed by atoms with Crippen LogP contribution >= 0.6 is 0 Å². The van der Waals surface area contributed by atoms with Gasteiger partial charge in [-0.3, -0.25) is 0 Å². The standard InChI is InChI=1S/C44H87N2/c1-4-7-10-13-16-19-21-23-24-25-27-29-32-35-38-41-46-43-42-45(44(46)39-36-33-30-18-15-12-9-6-3)40-37-34-31-28-26-22-20-17-14-11-8-5-2/h42-43H,4-41H2,1-3H3/q+1. The lowest BCUT2D eigenvalue weighted by Gasteiger charge is -2.07. The maximum Gasteiger partial charge on any atom is 0.256 e. The van der Waals surface area contributed by atoms with Crippen molar-refractivity contribution in [3.05, 3.63) is 18.2 Å². The monoisotopic (exact) mass is 644 g/mol. The second kappa shape index (κ2) is 35.5. The predicted molar refractivity (Wildman–Crippen MR) is 207 cm³/mol. The molecule has 0 saturated carbocycles. The summed E-state index contributed by atoms with van der Waals surface area (Å²) in [5.74, 6) is 1.62. The minimum absolute atomic E-state index is 1.23. The number of aryl methyl sites for hydroxylation is 2. The van der Waals surface area contributed by atoms with Crippen LogP contribution in [-0.4, -0.2) is 4.57 Å². The van der Waals surface area contributed by atoms with Crippen LogP contribution in [0.3, 0.4) is 0 Å². The van der Waals surface area contributed by atoms with E-state index in [9.17, 15) is 0 Å². The van der Waals surface area contributed by atoms with Crippen LogP contribution in [0.15, 0.2) is 12.4 Å². The lowest BCUT2D eigenvalue weighted by molar-refractivity contribution is -0.704. The van der Waals surface area contributed by atoms with E-state index in [1.807, 2.05) is 0 Å². The van der Waals surface area contributed by atoms with Crippen LogP contribution in [0.1, 0.15) is 251 Å². The van der Waals surface area contributed by atoms with Crippen molar-refractivity contribution >= 4 is 0 Å². The molecule has 1 aromatic rings. The van der Waals surface area contributed by atoms with Gasteiger partial charge in [0.15, 0.2) is 0 Å². The summed E-state index contributed by atoms with van der Waals surface area (Å²) in [7, 11) is 0. The molecule has 2 heteroatoms. The Hall–Kier alpha value is -0.790. The van der Waals surface area contributed by atoms with E-state index in [0.29, 0.717) is 0 Å². The molecule has 1 aromatic heterocycles. The van der Waals surface area contributed by atoms with Gasteiger partial charge < -0.3 is 0 Å². The van der Waals surface area contributed by atoms with Crippen LogP contribution in [0.4, 0.5) is 0 Å². The average Bonchev–Trinajstić information content (AvgIpc) is 3.45. The first-order chi connectivity index (χ1) is 22.8. The molecule has 2 nitrogen and oxygen atoms in total. The van der Waals surface area contributed by atoms with Crippen molar-refractivity contribution in [3.8, 4) is 0 Å². The molecule has 0 saturated heterocycles. The quantitative estimate of drug-likeness (QED) is 0.0501. The summed E-state index contributed by atoms with van der Waals surface area (Å²) in [6.45, 7) is 9.41. The average molecular weight is 644 g/mol. The van der Waals surface area contributed by atoms with Gasteiger partial charge in [0, 0.05) is 6.42 Å². The molecule has 0 aromatic carbocycles. The zero-order chi connectivity index (χ0) is 33.0. The van der Waals surface area contributed by atoms with E-state index in [2.05, 4.69) is 42.3 Å². The molecule has 0 amide bonds. The fraction of sp³-hybridized carbons (Fsp3) is 0.932. The minimum atomic E-state index is 1.23. The zero-order valence-corrected chi connectivity index (χ0v) is 32.4. The van der Waals surface area contributed by atoms with Crippen LogP contribution < -0.4 is 4.57 Å². The highest BCUT2D eigenvalue weighted by atomic mass is 15.1. The molecule has 0 spiro atoms. The molecule has 272 valence electrons. The number of nitrogens with zero attached hydrogens (tertiary/aromatic N) is 2.